The molecule has 3 amide bonds. The lowest BCUT2D eigenvalue weighted by Gasteiger charge is -2.22. The number of rotatable bonds is 5. The summed E-state index contributed by atoms with van der Waals surface area (Å²) in [6.07, 6.45) is 1.34. The molecule has 1 unspecified atom stereocenters. The fraction of sp³-hybridized carbons (Fsp3) is 0.529. The highest BCUT2D eigenvalue weighted by atomic mass is 35.5. The molecule has 0 aromatic heterocycles. The topological polar surface area (TPSA) is 87.5 Å². The molecule has 0 radical (unpaired) electrons. The van der Waals surface area contributed by atoms with Crippen LogP contribution in [0, 0.1) is 11.7 Å². The predicted molar refractivity (Wildman–Crippen MR) is 98.2 cm³/mol. The smallest absolute Gasteiger partial charge is 0.319 e. The Labute approximate surface area is 153 Å². The van der Waals surface area contributed by atoms with Crippen LogP contribution >= 0.6 is 12.4 Å². The van der Waals surface area contributed by atoms with E-state index in [0.29, 0.717) is 37.5 Å². The summed E-state index contributed by atoms with van der Waals surface area (Å²) in [6, 6.07) is 4.57. The maximum Gasteiger partial charge on any atom is 0.319 e. The van der Waals surface area contributed by atoms with Crippen LogP contribution in [-0.4, -0.2) is 42.0 Å². The number of likely N-dealkylation sites (tertiary alicyclic amines) is 1. The number of hydrogen-bond donors (Lipinski definition) is 3. The minimum atomic E-state index is -0.489. The van der Waals surface area contributed by atoms with Crippen LogP contribution in [0.2, 0.25) is 0 Å². The van der Waals surface area contributed by atoms with Crippen LogP contribution in [0.25, 0.3) is 0 Å². The van der Waals surface area contributed by atoms with Crippen molar-refractivity contribution < 1.29 is 14.0 Å². The summed E-state index contributed by atoms with van der Waals surface area (Å²) in [5, 5.41) is 5.47. The van der Waals surface area contributed by atoms with Gasteiger partial charge < -0.3 is 21.3 Å². The number of nitrogens with two attached hydrogens (primary N) is 1. The summed E-state index contributed by atoms with van der Waals surface area (Å²) < 4.78 is 12.8. The van der Waals surface area contributed by atoms with Crippen molar-refractivity contribution in [3.8, 4) is 0 Å². The molecule has 1 aromatic carbocycles. The summed E-state index contributed by atoms with van der Waals surface area (Å²) in [4.78, 5) is 25.9. The van der Waals surface area contributed by atoms with Gasteiger partial charge in [-0.25, -0.2) is 9.18 Å². The number of amides is 3. The highest BCUT2D eigenvalue weighted by Gasteiger charge is 2.30. The van der Waals surface area contributed by atoms with E-state index < -0.39 is 6.04 Å². The number of anilines is 1. The summed E-state index contributed by atoms with van der Waals surface area (Å²) in [7, 11) is 0. The molecule has 140 valence electrons. The molecule has 0 spiro atoms. The van der Waals surface area contributed by atoms with Crippen LogP contribution in [0.3, 0.4) is 0 Å². The number of benzene rings is 1. The van der Waals surface area contributed by atoms with Gasteiger partial charge in [-0.05, 0) is 43.0 Å². The van der Waals surface area contributed by atoms with Crippen molar-refractivity contribution in [3.63, 3.8) is 0 Å². The second-order valence-electron chi connectivity index (χ2n) is 6.61. The second-order valence-corrected chi connectivity index (χ2v) is 6.61. The maximum atomic E-state index is 12.8. The van der Waals surface area contributed by atoms with E-state index in [0.717, 1.165) is 0 Å². The SMILES string of the molecule is CC(C)C[C@H](N)C(=O)N1CCC(NC(=O)Nc2ccc(F)cc2)C1.Cl. The molecule has 4 N–H and O–H groups in total. The van der Waals surface area contributed by atoms with E-state index in [2.05, 4.69) is 10.6 Å². The van der Waals surface area contributed by atoms with E-state index >= 15 is 0 Å². The molecule has 2 rings (SSSR count). The molecule has 0 bridgehead atoms. The number of urea groups is 1. The fourth-order valence-electron chi connectivity index (χ4n) is 2.81. The summed E-state index contributed by atoms with van der Waals surface area (Å²) in [5.74, 6) is -0.0578. The van der Waals surface area contributed by atoms with Gasteiger partial charge in [0.1, 0.15) is 5.82 Å². The minimum Gasteiger partial charge on any atom is -0.339 e. The van der Waals surface area contributed by atoms with Crippen LogP contribution in [-0.2, 0) is 4.79 Å². The number of nitrogens with one attached hydrogen (secondary N) is 2. The lowest BCUT2D eigenvalue weighted by molar-refractivity contribution is -0.131. The lowest BCUT2D eigenvalue weighted by Crippen LogP contribution is -2.45. The van der Waals surface area contributed by atoms with Gasteiger partial charge in [-0.1, -0.05) is 13.8 Å². The van der Waals surface area contributed by atoms with Crippen molar-refractivity contribution in [2.45, 2.75) is 38.8 Å². The Morgan fingerprint density at radius 1 is 1.32 bits per heavy atom. The largest absolute Gasteiger partial charge is 0.339 e. The Bertz CT molecular complexity index is 583. The molecule has 25 heavy (non-hydrogen) atoms. The highest BCUT2D eigenvalue weighted by Crippen LogP contribution is 2.14. The fourth-order valence-corrected chi connectivity index (χ4v) is 2.81. The first kappa shape index (κ1) is 21.2. The molecule has 1 heterocycles. The third-order valence-electron chi connectivity index (χ3n) is 3.98. The maximum absolute atomic E-state index is 12.8. The van der Waals surface area contributed by atoms with Crippen molar-refractivity contribution in [3.05, 3.63) is 30.1 Å². The molecule has 0 saturated carbocycles. The van der Waals surface area contributed by atoms with Gasteiger partial charge in [-0.15, -0.1) is 12.4 Å². The molecule has 0 aliphatic carbocycles. The summed E-state index contributed by atoms with van der Waals surface area (Å²) >= 11 is 0. The van der Waals surface area contributed by atoms with Gasteiger partial charge in [0.15, 0.2) is 0 Å². The molecule has 1 fully saturated rings. The van der Waals surface area contributed by atoms with E-state index in [9.17, 15) is 14.0 Å². The molecule has 8 heteroatoms. The van der Waals surface area contributed by atoms with Gasteiger partial charge in [0.25, 0.3) is 0 Å². The molecular weight excluding hydrogens is 347 g/mol. The van der Waals surface area contributed by atoms with Gasteiger partial charge in [0.05, 0.1) is 6.04 Å². The normalized spacial score (nSPS) is 17.8. The number of hydrogen-bond acceptors (Lipinski definition) is 3. The molecule has 1 aromatic rings. The van der Waals surface area contributed by atoms with E-state index in [-0.39, 0.29) is 36.2 Å². The number of carbonyl (C=O) groups is 2. The summed E-state index contributed by atoms with van der Waals surface area (Å²) in [6.45, 7) is 5.11. The van der Waals surface area contributed by atoms with Gasteiger partial charge in [0.2, 0.25) is 5.91 Å². The monoisotopic (exact) mass is 372 g/mol. The highest BCUT2D eigenvalue weighted by molar-refractivity contribution is 5.89. The molecule has 1 aliphatic heterocycles. The van der Waals surface area contributed by atoms with Crippen LogP contribution in [0.5, 0.6) is 0 Å². The Morgan fingerprint density at radius 2 is 1.96 bits per heavy atom. The molecule has 1 aliphatic rings. The zero-order chi connectivity index (χ0) is 17.7. The number of halogens is 2. The van der Waals surface area contributed by atoms with Gasteiger partial charge in [-0.3, -0.25) is 4.79 Å². The van der Waals surface area contributed by atoms with E-state index in [1.54, 1.807) is 4.90 Å². The first-order valence-corrected chi connectivity index (χ1v) is 8.22. The van der Waals surface area contributed by atoms with Crippen molar-refractivity contribution in [2.75, 3.05) is 18.4 Å². The third-order valence-corrected chi connectivity index (χ3v) is 3.98. The van der Waals surface area contributed by atoms with Crippen molar-refractivity contribution in [2.24, 2.45) is 11.7 Å². The van der Waals surface area contributed by atoms with Crippen molar-refractivity contribution >= 4 is 30.0 Å². The second kappa shape index (κ2) is 9.58. The zero-order valence-electron chi connectivity index (χ0n) is 14.5. The van der Waals surface area contributed by atoms with Gasteiger partial charge in [0, 0.05) is 24.8 Å². The number of carbonyl (C=O) groups excluding carboxylic acids is 2. The van der Waals surface area contributed by atoms with E-state index in [1.165, 1.54) is 24.3 Å². The minimum absolute atomic E-state index is 0. The number of nitrogens with zero attached hydrogens (tertiary/aromatic N) is 1. The molecule has 2 atom stereocenters. The Hall–Kier alpha value is -1.86. The van der Waals surface area contributed by atoms with Crippen molar-refractivity contribution in [1.29, 1.82) is 0 Å². The molecule has 1 saturated heterocycles. The average Bonchev–Trinajstić information content (AvgIpc) is 2.96. The van der Waals surface area contributed by atoms with Crippen LogP contribution < -0.4 is 16.4 Å². The predicted octanol–water partition coefficient (Wildman–Crippen LogP) is 2.34. The zero-order valence-corrected chi connectivity index (χ0v) is 15.3. The summed E-state index contributed by atoms with van der Waals surface area (Å²) in [5.41, 5.74) is 6.45. The standard InChI is InChI=1S/C17H25FN4O2.ClH/c1-11(2)9-15(19)16(23)22-8-7-14(10-22)21-17(24)20-13-5-3-12(18)4-6-13;/h3-6,11,14-15H,7-10,19H2,1-2H3,(H2,20,21,24);1H/t14?,15-;/m0./s1. The van der Waals surface area contributed by atoms with Crippen LogP contribution in [0.4, 0.5) is 14.9 Å². The van der Waals surface area contributed by atoms with E-state index in [1.807, 2.05) is 13.8 Å². The first-order chi connectivity index (χ1) is 11.3. The van der Waals surface area contributed by atoms with Crippen LogP contribution in [0.1, 0.15) is 26.7 Å². The van der Waals surface area contributed by atoms with Crippen LogP contribution in [0.15, 0.2) is 24.3 Å². The molecular formula is C17H26ClFN4O2. The van der Waals surface area contributed by atoms with Gasteiger partial charge in [-0.2, -0.15) is 0 Å². The third kappa shape index (κ3) is 6.51. The Morgan fingerprint density at radius 3 is 2.56 bits per heavy atom. The van der Waals surface area contributed by atoms with Gasteiger partial charge >= 0.3 is 6.03 Å². The van der Waals surface area contributed by atoms with E-state index in [4.69, 9.17) is 5.73 Å². The average molecular weight is 373 g/mol. The first-order valence-electron chi connectivity index (χ1n) is 8.22. The van der Waals surface area contributed by atoms with Crippen molar-refractivity contribution in [1.82, 2.24) is 10.2 Å². The quantitative estimate of drug-likeness (QED) is 0.741. The Balaban J connectivity index is 0.00000312. The Kier molecular flexibility index (Phi) is 8.12. The lowest BCUT2D eigenvalue weighted by atomic mass is 10.0. The molecule has 6 nitrogen and oxygen atoms in total.